The van der Waals surface area contributed by atoms with Crippen molar-refractivity contribution in [3.63, 3.8) is 0 Å². The molecule has 0 spiro atoms. The van der Waals surface area contributed by atoms with E-state index in [0.29, 0.717) is 52.6 Å². The van der Waals surface area contributed by atoms with Crippen LogP contribution in [0.2, 0.25) is 0 Å². The minimum Gasteiger partial charge on any atom is -0.267 e. The van der Waals surface area contributed by atoms with Gasteiger partial charge in [-0.3, -0.25) is 4.79 Å². The molecule has 1 saturated heterocycles. The number of anilines is 1. The van der Waals surface area contributed by atoms with Gasteiger partial charge in [0.1, 0.15) is 5.69 Å². The number of rotatable bonds is 9. The zero-order valence-corrected chi connectivity index (χ0v) is 28.2. The first-order valence-electron chi connectivity index (χ1n) is 16.0. The molecule has 1 fully saturated rings. The Morgan fingerprint density at radius 2 is 1.50 bits per heavy atom. The zero-order chi connectivity index (χ0) is 33.1. The van der Waals surface area contributed by atoms with Crippen molar-refractivity contribution in [1.82, 2.24) is 14.1 Å². The van der Waals surface area contributed by atoms with Crippen LogP contribution in [0.25, 0.3) is 23.0 Å². The lowest BCUT2D eigenvalue weighted by molar-refractivity contribution is -0.114. The SMILES string of the molecule is Cc1ccc(SCC2=NN(c3ccccc3)C(=O)C2=Cc2cn(-c3ccccc3)nc2-c2cccc(S(=O)(=O)N3CCCCC3)c2)cc1. The molecule has 10 heteroatoms. The van der Waals surface area contributed by atoms with E-state index in [0.717, 1.165) is 29.8 Å². The Hall–Kier alpha value is -4.77. The fraction of sp³-hybridized carbons (Fsp3) is 0.184. The van der Waals surface area contributed by atoms with Crippen LogP contribution in [0.3, 0.4) is 0 Å². The predicted molar refractivity (Wildman–Crippen MR) is 193 cm³/mol. The van der Waals surface area contributed by atoms with Crippen molar-refractivity contribution in [2.24, 2.45) is 5.10 Å². The molecule has 48 heavy (non-hydrogen) atoms. The highest BCUT2D eigenvalue weighted by Crippen LogP contribution is 2.33. The number of hydrazone groups is 1. The fourth-order valence-corrected chi connectivity index (χ4v) is 8.29. The standard InChI is InChI=1S/C38H35N5O3S2/c1-28-18-20-33(21-19-28)47-27-36-35(38(44)43(39-36)32-15-7-3-8-16-32)25-30-26-42(31-13-5-2-6-14-31)40-37(30)29-12-11-17-34(24-29)48(45,46)41-22-9-4-10-23-41/h2-3,5-8,11-21,24-26H,4,9-10,22-23,27H2,1H3. The van der Waals surface area contributed by atoms with Gasteiger partial charge in [0.2, 0.25) is 10.0 Å². The van der Waals surface area contributed by atoms with Crippen LogP contribution in [-0.4, -0.2) is 53.0 Å². The number of amides is 1. The highest BCUT2D eigenvalue weighted by molar-refractivity contribution is 8.00. The molecule has 2 aliphatic rings. The van der Waals surface area contributed by atoms with Gasteiger partial charge in [-0.25, -0.2) is 13.1 Å². The number of hydrogen-bond donors (Lipinski definition) is 0. The number of nitrogens with zero attached hydrogens (tertiary/aromatic N) is 5. The molecule has 0 radical (unpaired) electrons. The lowest BCUT2D eigenvalue weighted by Crippen LogP contribution is -2.35. The average Bonchev–Trinajstić information content (AvgIpc) is 3.70. The largest absolute Gasteiger partial charge is 0.280 e. The highest BCUT2D eigenvalue weighted by Gasteiger charge is 2.32. The molecule has 4 aromatic carbocycles. The second-order valence-electron chi connectivity index (χ2n) is 11.9. The van der Waals surface area contributed by atoms with Gasteiger partial charge in [0.25, 0.3) is 5.91 Å². The minimum absolute atomic E-state index is 0.235. The third kappa shape index (κ3) is 6.64. The van der Waals surface area contributed by atoms with Crippen molar-refractivity contribution in [3.05, 3.63) is 132 Å². The summed E-state index contributed by atoms with van der Waals surface area (Å²) in [5.74, 6) is 0.246. The maximum atomic E-state index is 14.1. The molecular weight excluding hydrogens is 639 g/mol. The van der Waals surface area contributed by atoms with Crippen molar-refractivity contribution >= 4 is 45.2 Å². The van der Waals surface area contributed by atoms with E-state index in [1.807, 2.05) is 79.0 Å². The third-order valence-electron chi connectivity index (χ3n) is 8.48. The summed E-state index contributed by atoms with van der Waals surface area (Å²) >= 11 is 1.62. The molecule has 5 aromatic rings. The molecule has 242 valence electrons. The Balaban J connectivity index is 1.31. The van der Waals surface area contributed by atoms with Crippen LogP contribution in [0.15, 0.2) is 136 Å². The van der Waals surface area contributed by atoms with Crippen LogP contribution in [0.1, 0.15) is 30.4 Å². The summed E-state index contributed by atoms with van der Waals surface area (Å²) in [7, 11) is -3.66. The van der Waals surface area contributed by atoms with Crippen molar-refractivity contribution in [1.29, 1.82) is 0 Å². The van der Waals surface area contributed by atoms with Gasteiger partial charge in [0.15, 0.2) is 0 Å². The van der Waals surface area contributed by atoms with Gasteiger partial charge < -0.3 is 0 Å². The number of hydrogen-bond acceptors (Lipinski definition) is 6. The molecule has 0 bridgehead atoms. The lowest BCUT2D eigenvalue weighted by atomic mass is 10.0. The van der Waals surface area contributed by atoms with Crippen LogP contribution in [0, 0.1) is 6.92 Å². The summed E-state index contributed by atoms with van der Waals surface area (Å²) in [5, 5.41) is 11.2. The summed E-state index contributed by atoms with van der Waals surface area (Å²) < 4.78 is 30.6. The van der Waals surface area contributed by atoms with E-state index < -0.39 is 10.0 Å². The Labute approximate surface area is 285 Å². The number of aromatic nitrogens is 2. The Bertz CT molecular complexity index is 2100. The number of sulfonamides is 1. The molecule has 1 aromatic heterocycles. The fourth-order valence-electron chi connectivity index (χ4n) is 5.88. The van der Waals surface area contributed by atoms with Crippen LogP contribution in [0.4, 0.5) is 5.69 Å². The summed E-state index contributed by atoms with van der Waals surface area (Å²) in [5.41, 5.74) is 5.70. The van der Waals surface area contributed by atoms with Gasteiger partial charge in [-0.2, -0.15) is 19.5 Å². The average molecular weight is 674 g/mol. The van der Waals surface area contributed by atoms with E-state index in [2.05, 4.69) is 31.2 Å². The lowest BCUT2D eigenvalue weighted by Gasteiger charge is -2.26. The third-order valence-corrected chi connectivity index (χ3v) is 11.4. The first-order chi connectivity index (χ1) is 23.4. The summed E-state index contributed by atoms with van der Waals surface area (Å²) in [6.07, 6.45) is 6.48. The highest BCUT2D eigenvalue weighted by atomic mass is 32.2. The monoisotopic (exact) mass is 673 g/mol. The first-order valence-corrected chi connectivity index (χ1v) is 18.4. The number of aryl methyl sites for hydroxylation is 1. The number of carbonyl (C=O) groups excluding carboxylic acids is 1. The van der Waals surface area contributed by atoms with Gasteiger partial charge in [-0.15, -0.1) is 11.8 Å². The summed E-state index contributed by atoms with van der Waals surface area (Å²) in [6.45, 7) is 3.10. The molecule has 0 unspecified atom stereocenters. The van der Waals surface area contributed by atoms with Crippen LogP contribution in [0.5, 0.6) is 0 Å². The first kappa shape index (κ1) is 31.8. The number of thioether (sulfide) groups is 1. The topological polar surface area (TPSA) is 87.9 Å². The maximum Gasteiger partial charge on any atom is 0.280 e. The van der Waals surface area contributed by atoms with E-state index in [9.17, 15) is 13.2 Å². The molecule has 2 aliphatic heterocycles. The van der Waals surface area contributed by atoms with Gasteiger partial charge in [0.05, 0.1) is 27.6 Å². The van der Waals surface area contributed by atoms with Crippen molar-refractivity contribution in [3.8, 4) is 16.9 Å². The van der Waals surface area contributed by atoms with Crippen LogP contribution in [-0.2, 0) is 14.8 Å². The van der Waals surface area contributed by atoms with Crippen molar-refractivity contribution < 1.29 is 13.2 Å². The summed E-state index contributed by atoms with van der Waals surface area (Å²) in [6, 6.07) is 34.4. The van der Waals surface area contributed by atoms with Crippen molar-refractivity contribution in [2.75, 3.05) is 23.9 Å². The molecule has 3 heterocycles. The molecular formula is C38H35N5O3S2. The van der Waals surface area contributed by atoms with E-state index in [-0.39, 0.29) is 10.8 Å². The van der Waals surface area contributed by atoms with Crippen molar-refractivity contribution in [2.45, 2.75) is 36.0 Å². The van der Waals surface area contributed by atoms with Gasteiger partial charge in [0, 0.05) is 41.1 Å². The van der Waals surface area contributed by atoms with E-state index in [1.165, 1.54) is 10.6 Å². The van der Waals surface area contributed by atoms with Gasteiger partial charge in [-0.1, -0.05) is 72.6 Å². The smallest absolute Gasteiger partial charge is 0.267 e. The Kier molecular flexibility index (Phi) is 9.12. The Morgan fingerprint density at radius 3 is 2.21 bits per heavy atom. The van der Waals surface area contributed by atoms with Crippen LogP contribution < -0.4 is 5.01 Å². The summed E-state index contributed by atoms with van der Waals surface area (Å²) in [4.78, 5) is 15.4. The van der Waals surface area contributed by atoms with Gasteiger partial charge in [-0.05, 0) is 74.4 Å². The van der Waals surface area contributed by atoms with Crippen LogP contribution >= 0.6 is 11.8 Å². The number of benzene rings is 4. The molecule has 0 saturated carbocycles. The van der Waals surface area contributed by atoms with E-state index in [4.69, 9.17) is 10.2 Å². The number of piperidine rings is 1. The Morgan fingerprint density at radius 1 is 0.812 bits per heavy atom. The zero-order valence-electron chi connectivity index (χ0n) is 26.6. The molecule has 0 N–H and O–H groups in total. The second kappa shape index (κ2) is 13.8. The maximum absolute atomic E-state index is 14.1. The number of para-hydroxylation sites is 2. The molecule has 0 aliphatic carbocycles. The quantitative estimate of drug-likeness (QED) is 0.119. The van der Waals surface area contributed by atoms with Gasteiger partial charge >= 0.3 is 0 Å². The minimum atomic E-state index is -3.66. The molecule has 0 atom stereocenters. The molecule has 7 rings (SSSR count). The normalized spacial score (nSPS) is 16.4. The predicted octanol–water partition coefficient (Wildman–Crippen LogP) is 7.60. The van der Waals surface area contributed by atoms with E-state index in [1.54, 1.807) is 38.9 Å². The number of carbonyl (C=O) groups is 1. The van der Waals surface area contributed by atoms with E-state index >= 15 is 0 Å². The molecule has 8 nitrogen and oxygen atoms in total. The molecule has 1 amide bonds. The second-order valence-corrected chi connectivity index (χ2v) is 14.9.